The molecule has 0 fully saturated rings. The average molecular weight is 461 g/mol. The molecule has 7 rings (SSSR count). The van der Waals surface area contributed by atoms with Crippen molar-refractivity contribution in [2.24, 2.45) is 0 Å². The maximum Gasteiger partial charge on any atom is 0.0552 e. The molecular formula is C28H17BrN2. The van der Waals surface area contributed by atoms with Crippen LogP contribution in [0.1, 0.15) is 0 Å². The van der Waals surface area contributed by atoms with Crippen LogP contribution >= 0.6 is 15.9 Å². The summed E-state index contributed by atoms with van der Waals surface area (Å²) in [5.41, 5.74) is 12.1. The SMILES string of the molecule is Brc1ccc2c(c1)-c1[nH]c3ccccc3c1-c1ccccc1-c1c-2[nH]c2ccccc12. The van der Waals surface area contributed by atoms with E-state index in [4.69, 9.17) is 0 Å². The van der Waals surface area contributed by atoms with Crippen molar-refractivity contribution in [2.45, 2.75) is 0 Å². The number of nitrogens with one attached hydrogen (secondary N) is 2. The Labute approximate surface area is 187 Å². The monoisotopic (exact) mass is 460 g/mol. The van der Waals surface area contributed by atoms with Gasteiger partial charge in [-0.3, -0.25) is 0 Å². The summed E-state index contributed by atoms with van der Waals surface area (Å²) in [4.78, 5) is 7.47. The van der Waals surface area contributed by atoms with Crippen LogP contribution in [0, 0.1) is 0 Å². The number of aromatic amines is 2. The Morgan fingerprint density at radius 1 is 0.484 bits per heavy atom. The van der Waals surface area contributed by atoms with E-state index in [0.717, 1.165) is 21.2 Å². The maximum absolute atomic E-state index is 3.74. The molecule has 0 radical (unpaired) electrons. The first kappa shape index (κ1) is 17.2. The molecule has 2 heterocycles. The lowest BCUT2D eigenvalue weighted by Gasteiger charge is -2.19. The van der Waals surface area contributed by atoms with Crippen molar-refractivity contribution in [3.05, 3.63) is 95.5 Å². The van der Waals surface area contributed by atoms with Gasteiger partial charge in [0.05, 0.1) is 11.4 Å². The number of aromatic nitrogens is 2. The van der Waals surface area contributed by atoms with E-state index in [2.05, 4.69) is 117 Å². The highest BCUT2D eigenvalue weighted by Crippen LogP contribution is 2.51. The third kappa shape index (κ3) is 2.32. The molecule has 2 N–H and O–H groups in total. The normalized spacial score (nSPS) is 12.0. The summed E-state index contributed by atoms with van der Waals surface area (Å²) in [7, 11) is 0. The molecule has 2 aromatic heterocycles. The van der Waals surface area contributed by atoms with E-state index < -0.39 is 0 Å². The highest BCUT2D eigenvalue weighted by molar-refractivity contribution is 9.10. The number of benzene rings is 4. The highest BCUT2D eigenvalue weighted by atomic mass is 79.9. The van der Waals surface area contributed by atoms with E-state index in [1.54, 1.807) is 0 Å². The number of halogens is 1. The van der Waals surface area contributed by atoms with Gasteiger partial charge in [0.15, 0.2) is 0 Å². The van der Waals surface area contributed by atoms with Crippen LogP contribution in [0.5, 0.6) is 0 Å². The Balaban J connectivity index is 1.76. The van der Waals surface area contributed by atoms with Gasteiger partial charge in [-0.05, 0) is 35.4 Å². The molecule has 0 bridgehead atoms. The Morgan fingerprint density at radius 2 is 1.00 bits per heavy atom. The van der Waals surface area contributed by atoms with Gasteiger partial charge in [0.25, 0.3) is 0 Å². The third-order valence-corrected chi connectivity index (χ3v) is 6.89. The summed E-state index contributed by atoms with van der Waals surface area (Å²) >= 11 is 3.71. The number of fused-ring (bicyclic) bond motifs is 12. The molecule has 1 aliphatic carbocycles. The minimum Gasteiger partial charge on any atom is -0.354 e. The zero-order chi connectivity index (χ0) is 20.5. The topological polar surface area (TPSA) is 31.6 Å². The van der Waals surface area contributed by atoms with Crippen LogP contribution in [-0.4, -0.2) is 9.97 Å². The Hall–Kier alpha value is -3.56. The predicted molar refractivity (Wildman–Crippen MR) is 133 cm³/mol. The summed E-state index contributed by atoms with van der Waals surface area (Å²) in [5, 5.41) is 2.50. The molecule has 0 aliphatic heterocycles. The lowest BCUT2D eigenvalue weighted by molar-refractivity contribution is 1.40. The molecule has 6 aromatic rings. The predicted octanol–water partition coefficient (Wildman–Crippen LogP) is 8.39. The highest BCUT2D eigenvalue weighted by Gasteiger charge is 2.27. The van der Waals surface area contributed by atoms with Crippen LogP contribution in [0.25, 0.3) is 66.6 Å². The number of hydrogen-bond acceptors (Lipinski definition) is 0. The van der Waals surface area contributed by atoms with Crippen molar-refractivity contribution in [2.75, 3.05) is 0 Å². The van der Waals surface area contributed by atoms with E-state index in [1.807, 2.05) is 0 Å². The number of H-pyrrole nitrogens is 2. The first-order valence-electron chi connectivity index (χ1n) is 10.4. The van der Waals surface area contributed by atoms with Crippen LogP contribution in [-0.2, 0) is 0 Å². The number of hydrogen-bond donors (Lipinski definition) is 2. The van der Waals surface area contributed by atoms with Crippen molar-refractivity contribution in [1.29, 1.82) is 0 Å². The number of rotatable bonds is 0. The molecule has 0 spiro atoms. The molecule has 0 unspecified atom stereocenters. The average Bonchev–Trinajstić information content (AvgIpc) is 3.36. The molecule has 4 aromatic carbocycles. The summed E-state index contributed by atoms with van der Waals surface area (Å²) in [6, 6.07) is 32.6. The van der Waals surface area contributed by atoms with Crippen LogP contribution in [0.4, 0.5) is 0 Å². The van der Waals surface area contributed by atoms with E-state index in [1.165, 1.54) is 49.8 Å². The molecule has 31 heavy (non-hydrogen) atoms. The zero-order valence-electron chi connectivity index (χ0n) is 16.5. The van der Waals surface area contributed by atoms with Gasteiger partial charge < -0.3 is 9.97 Å². The lowest BCUT2D eigenvalue weighted by Crippen LogP contribution is -1.95. The van der Waals surface area contributed by atoms with Crippen molar-refractivity contribution in [3.63, 3.8) is 0 Å². The minimum atomic E-state index is 1.07. The molecule has 0 saturated carbocycles. The molecule has 0 amide bonds. The fourth-order valence-electron chi connectivity index (χ4n) is 5.11. The van der Waals surface area contributed by atoms with E-state index >= 15 is 0 Å². The van der Waals surface area contributed by atoms with Gasteiger partial charge in [-0.15, -0.1) is 0 Å². The Morgan fingerprint density at radius 3 is 1.61 bits per heavy atom. The van der Waals surface area contributed by atoms with Crippen LogP contribution in [0.3, 0.4) is 0 Å². The van der Waals surface area contributed by atoms with E-state index in [-0.39, 0.29) is 0 Å². The quantitative estimate of drug-likeness (QED) is 0.227. The summed E-state index contributed by atoms with van der Waals surface area (Å²) < 4.78 is 1.07. The third-order valence-electron chi connectivity index (χ3n) is 6.40. The van der Waals surface area contributed by atoms with Crippen LogP contribution < -0.4 is 0 Å². The lowest BCUT2D eigenvalue weighted by atomic mass is 9.85. The fourth-order valence-corrected chi connectivity index (χ4v) is 5.47. The zero-order valence-corrected chi connectivity index (χ0v) is 18.1. The van der Waals surface area contributed by atoms with E-state index in [0.29, 0.717) is 0 Å². The van der Waals surface area contributed by atoms with Gasteiger partial charge in [0.1, 0.15) is 0 Å². The van der Waals surface area contributed by atoms with E-state index in [9.17, 15) is 0 Å². The van der Waals surface area contributed by atoms with Gasteiger partial charge >= 0.3 is 0 Å². The van der Waals surface area contributed by atoms with Crippen molar-refractivity contribution < 1.29 is 0 Å². The van der Waals surface area contributed by atoms with Crippen molar-refractivity contribution in [3.8, 4) is 44.8 Å². The van der Waals surface area contributed by atoms with Crippen LogP contribution in [0.15, 0.2) is 95.5 Å². The molecular weight excluding hydrogens is 444 g/mol. The smallest absolute Gasteiger partial charge is 0.0552 e. The Kier molecular flexibility index (Phi) is 3.44. The van der Waals surface area contributed by atoms with Crippen molar-refractivity contribution in [1.82, 2.24) is 9.97 Å². The van der Waals surface area contributed by atoms with Gasteiger partial charge in [-0.25, -0.2) is 0 Å². The summed E-state index contributed by atoms with van der Waals surface area (Å²) in [6.07, 6.45) is 0. The summed E-state index contributed by atoms with van der Waals surface area (Å²) in [6.45, 7) is 0. The molecule has 146 valence electrons. The second kappa shape index (κ2) is 6.22. The minimum absolute atomic E-state index is 1.07. The largest absolute Gasteiger partial charge is 0.354 e. The molecule has 3 heteroatoms. The molecule has 0 saturated heterocycles. The first-order chi connectivity index (χ1) is 15.3. The van der Waals surface area contributed by atoms with Crippen LogP contribution in [0.2, 0.25) is 0 Å². The first-order valence-corrected chi connectivity index (χ1v) is 11.2. The maximum atomic E-state index is 3.74. The molecule has 2 nitrogen and oxygen atoms in total. The number of para-hydroxylation sites is 2. The standard InChI is InChI=1S/C28H17BrN2/c29-16-13-14-19-22(15-16)28-26(21-10-4-6-12-24(21)31-28)18-8-2-1-7-17(18)25-20-9-3-5-11-23(20)30-27(19)25/h1-15,30-31H. The second-order valence-corrected chi connectivity index (χ2v) is 8.99. The molecule has 0 atom stereocenters. The summed E-state index contributed by atoms with van der Waals surface area (Å²) in [5.74, 6) is 0. The molecule has 1 aliphatic rings. The van der Waals surface area contributed by atoms with Crippen molar-refractivity contribution >= 4 is 37.7 Å². The van der Waals surface area contributed by atoms with Gasteiger partial charge in [0, 0.05) is 48.5 Å². The second-order valence-electron chi connectivity index (χ2n) is 8.08. The van der Waals surface area contributed by atoms with Gasteiger partial charge in [-0.2, -0.15) is 0 Å². The van der Waals surface area contributed by atoms with Gasteiger partial charge in [0.2, 0.25) is 0 Å². The van der Waals surface area contributed by atoms with Gasteiger partial charge in [-0.1, -0.05) is 82.7 Å². The fraction of sp³-hybridized carbons (Fsp3) is 0. The Bertz CT molecular complexity index is 1650.